The van der Waals surface area contributed by atoms with E-state index < -0.39 is 44.9 Å². The van der Waals surface area contributed by atoms with Crippen LogP contribution in [0.1, 0.15) is 5.56 Å². The Balaban J connectivity index is 2.04. The molecule has 2 aromatic rings. The lowest BCUT2D eigenvalue weighted by molar-refractivity contribution is -0.137. The van der Waals surface area contributed by atoms with Gasteiger partial charge in [-0.05, 0) is 30.3 Å². The van der Waals surface area contributed by atoms with Crippen molar-refractivity contribution in [1.82, 2.24) is 4.72 Å². The number of carbonyl (C=O) groups excluding carboxylic acids is 1. The number of nitrogens with one attached hydrogen (secondary N) is 2. The van der Waals surface area contributed by atoms with Crippen molar-refractivity contribution in [3.05, 3.63) is 53.8 Å². The summed E-state index contributed by atoms with van der Waals surface area (Å²) in [4.78, 5) is 11.2. The zero-order valence-electron chi connectivity index (χ0n) is 13.8. The molecule has 0 spiro atoms. The number of ether oxygens (including phenoxy) is 1. The van der Waals surface area contributed by atoms with E-state index in [1.807, 2.05) is 4.72 Å². The normalized spacial score (nSPS) is 11.9. The highest BCUT2D eigenvalue weighted by Gasteiger charge is 2.31. The standard InChI is InChI=1S/C16H14F4N2O4S/c1-26-14-6-5-11(8-13(14)17)22-15(23)9-21-27(24,25)12-4-2-3-10(7-12)16(18,19)20/h2-8,21H,9H2,1H3,(H,22,23). The van der Waals surface area contributed by atoms with E-state index in [0.29, 0.717) is 6.07 Å². The lowest BCUT2D eigenvalue weighted by Gasteiger charge is -2.11. The Kier molecular flexibility index (Phi) is 6.06. The Bertz CT molecular complexity index is 946. The molecule has 0 bridgehead atoms. The minimum Gasteiger partial charge on any atom is -0.494 e. The first-order valence-electron chi connectivity index (χ1n) is 7.33. The molecule has 11 heteroatoms. The maximum absolute atomic E-state index is 13.6. The van der Waals surface area contributed by atoms with Crippen molar-refractivity contribution in [3.63, 3.8) is 0 Å². The average molecular weight is 406 g/mol. The second-order valence-electron chi connectivity index (χ2n) is 5.25. The highest BCUT2D eigenvalue weighted by Crippen LogP contribution is 2.30. The van der Waals surface area contributed by atoms with Crippen LogP contribution in [0, 0.1) is 5.82 Å². The number of hydrogen-bond donors (Lipinski definition) is 2. The fraction of sp³-hybridized carbons (Fsp3) is 0.188. The predicted molar refractivity (Wildman–Crippen MR) is 88.2 cm³/mol. The molecule has 0 fully saturated rings. The van der Waals surface area contributed by atoms with Crippen LogP contribution in [0.25, 0.3) is 0 Å². The number of methoxy groups -OCH3 is 1. The second-order valence-corrected chi connectivity index (χ2v) is 7.01. The van der Waals surface area contributed by atoms with E-state index in [4.69, 9.17) is 4.74 Å². The van der Waals surface area contributed by atoms with Gasteiger partial charge in [-0.3, -0.25) is 4.79 Å². The van der Waals surface area contributed by atoms with Crippen molar-refractivity contribution in [1.29, 1.82) is 0 Å². The first-order valence-corrected chi connectivity index (χ1v) is 8.81. The van der Waals surface area contributed by atoms with E-state index >= 15 is 0 Å². The number of hydrogen-bond acceptors (Lipinski definition) is 4. The number of anilines is 1. The minimum atomic E-state index is -4.71. The Morgan fingerprint density at radius 1 is 1.15 bits per heavy atom. The SMILES string of the molecule is COc1ccc(NC(=O)CNS(=O)(=O)c2cccc(C(F)(F)F)c2)cc1F. The number of rotatable bonds is 6. The molecule has 0 aromatic heterocycles. The molecule has 0 aliphatic rings. The van der Waals surface area contributed by atoms with Gasteiger partial charge in [-0.15, -0.1) is 0 Å². The largest absolute Gasteiger partial charge is 0.494 e. The first kappa shape index (κ1) is 20.6. The molecule has 146 valence electrons. The van der Waals surface area contributed by atoms with E-state index in [2.05, 4.69) is 5.32 Å². The molecule has 0 saturated heterocycles. The third-order valence-electron chi connectivity index (χ3n) is 3.33. The van der Waals surface area contributed by atoms with Crippen molar-refractivity contribution in [2.45, 2.75) is 11.1 Å². The van der Waals surface area contributed by atoms with Crippen molar-refractivity contribution in [2.24, 2.45) is 0 Å². The first-order chi connectivity index (χ1) is 12.5. The van der Waals surface area contributed by atoms with Crippen LogP contribution >= 0.6 is 0 Å². The summed E-state index contributed by atoms with van der Waals surface area (Å²) in [5.74, 6) is -1.62. The van der Waals surface area contributed by atoms with Crippen LogP contribution in [0.3, 0.4) is 0 Å². The molecule has 0 atom stereocenters. The second kappa shape index (κ2) is 7.92. The minimum absolute atomic E-state index is 0.0433. The molecule has 1 amide bonds. The molecule has 0 heterocycles. The van der Waals surface area contributed by atoms with E-state index in [1.165, 1.54) is 19.2 Å². The fourth-order valence-corrected chi connectivity index (χ4v) is 3.06. The molecule has 6 nitrogen and oxygen atoms in total. The molecule has 2 rings (SSSR count). The lowest BCUT2D eigenvalue weighted by Crippen LogP contribution is -2.33. The quantitative estimate of drug-likeness (QED) is 0.723. The number of benzene rings is 2. The Morgan fingerprint density at radius 3 is 2.44 bits per heavy atom. The Morgan fingerprint density at radius 2 is 1.85 bits per heavy atom. The summed E-state index contributed by atoms with van der Waals surface area (Å²) in [5.41, 5.74) is -1.08. The van der Waals surface area contributed by atoms with E-state index in [-0.39, 0.29) is 11.4 Å². The zero-order chi connectivity index (χ0) is 20.2. The third kappa shape index (κ3) is 5.41. The van der Waals surface area contributed by atoms with Crippen molar-refractivity contribution in [2.75, 3.05) is 19.0 Å². The fourth-order valence-electron chi connectivity index (χ4n) is 2.03. The summed E-state index contributed by atoms with van der Waals surface area (Å²) >= 11 is 0. The summed E-state index contributed by atoms with van der Waals surface area (Å²) in [6, 6.07) is 6.66. The molecule has 2 N–H and O–H groups in total. The summed E-state index contributed by atoms with van der Waals surface area (Å²) in [6.07, 6.45) is -4.71. The average Bonchev–Trinajstić information content (AvgIpc) is 2.60. The van der Waals surface area contributed by atoms with Crippen LogP contribution in [-0.2, 0) is 21.0 Å². The van der Waals surface area contributed by atoms with Crippen LogP contribution in [0.5, 0.6) is 5.75 Å². The molecular formula is C16H14F4N2O4S. The molecule has 27 heavy (non-hydrogen) atoms. The van der Waals surface area contributed by atoms with E-state index in [0.717, 1.165) is 24.3 Å². The van der Waals surface area contributed by atoms with Crippen LogP contribution in [0.15, 0.2) is 47.4 Å². The van der Waals surface area contributed by atoms with Gasteiger partial charge in [0, 0.05) is 11.8 Å². The summed E-state index contributed by atoms with van der Waals surface area (Å²) in [5, 5.41) is 2.25. The highest BCUT2D eigenvalue weighted by molar-refractivity contribution is 7.89. The van der Waals surface area contributed by atoms with Crippen LogP contribution < -0.4 is 14.8 Å². The van der Waals surface area contributed by atoms with Gasteiger partial charge in [0.15, 0.2) is 11.6 Å². The number of sulfonamides is 1. The molecule has 0 saturated carbocycles. The van der Waals surface area contributed by atoms with Gasteiger partial charge < -0.3 is 10.1 Å². The van der Waals surface area contributed by atoms with Gasteiger partial charge >= 0.3 is 6.18 Å². The smallest absolute Gasteiger partial charge is 0.416 e. The number of alkyl halides is 3. The third-order valence-corrected chi connectivity index (χ3v) is 4.73. The van der Waals surface area contributed by atoms with Crippen LogP contribution in [-0.4, -0.2) is 28.0 Å². The van der Waals surface area contributed by atoms with Gasteiger partial charge in [-0.2, -0.15) is 13.2 Å². The molecule has 0 unspecified atom stereocenters. The van der Waals surface area contributed by atoms with Gasteiger partial charge in [-0.1, -0.05) is 6.07 Å². The zero-order valence-corrected chi connectivity index (χ0v) is 14.6. The number of amides is 1. The monoisotopic (exact) mass is 406 g/mol. The van der Waals surface area contributed by atoms with Gasteiger partial charge in [0.05, 0.1) is 24.1 Å². The van der Waals surface area contributed by atoms with Gasteiger partial charge in [0.2, 0.25) is 15.9 Å². The van der Waals surface area contributed by atoms with E-state index in [1.54, 1.807) is 0 Å². The molecule has 2 aromatic carbocycles. The van der Waals surface area contributed by atoms with Crippen LogP contribution in [0.2, 0.25) is 0 Å². The van der Waals surface area contributed by atoms with Gasteiger partial charge in [0.25, 0.3) is 0 Å². The predicted octanol–water partition coefficient (Wildman–Crippen LogP) is 2.77. The molecule has 0 aliphatic carbocycles. The Labute approximate surface area is 152 Å². The molecule has 0 aliphatic heterocycles. The summed E-state index contributed by atoms with van der Waals surface area (Å²) in [7, 11) is -3.09. The number of halogens is 4. The molecular weight excluding hydrogens is 392 g/mol. The lowest BCUT2D eigenvalue weighted by atomic mass is 10.2. The van der Waals surface area contributed by atoms with Crippen molar-refractivity contribution in [3.8, 4) is 5.75 Å². The maximum atomic E-state index is 13.6. The Hall–Kier alpha value is -2.66. The van der Waals surface area contributed by atoms with Crippen molar-refractivity contribution >= 4 is 21.6 Å². The summed E-state index contributed by atoms with van der Waals surface area (Å²) in [6.45, 7) is -0.758. The highest BCUT2D eigenvalue weighted by atomic mass is 32.2. The topological polar surface area (TPSA) is 84.5 Å². The maximum Gasteiger partial charge on any atom is 0.416 e. The van der Waals surface area contributed by atoms with Gasteiger partial charge in [-0.25, -0.2) is 17.5 Å². The van der Waals surface area contributed by atoms with Crippen molar-refractivity contribution < 1.29 is 35.5 Å². The van der Waals surface area contributed by atoms with E-state index in [9.17, 15) is 30.8 Å². The van der Waals surface area contributed by atoms with Crippen LogP contribution in [0.4, 0.5) is 23.2 Å². The number of carbonyl (C=O) groups is 1. The van der Waals surface area contributed by atoms with Gasteiger partial charge in [0.1, 0.15) is 0 Å². The summed E-state index contributed by atoms with van der Waals surface area (Å²) < 4.78 is 82.3. The molecule has 0 radical (unpaired) electrons.